The number of rotatable bonds is 2. The van der Waals surface area contributed by atoms with Crippen molar-refractivity contribution in [2.24, 2.45) is 0 Å². The van der Waals surface area contributed by atoms with Crippen LogP contribution in [0.15, 0.2) is 24.3 Å². The number of carbonyl (C=O) groups excluding carboxylic acids is 1. The van der Waals surface area contributed by atoms with Crippen molar-refractivity contribution in [3.63, 3.8) is 0 Å². The first-order chi connectivity index (χ1) is 7.75. The molecule has 0 spiro atoms. The largest absolute Gasteiger partial charge is 0.381 e. The Morgan fingerprint density at radius 3 is 2.50 bits per heavy atom. The van der Waals surface area contributed by atoms with Crippen LogP contribution in [0.1, 0.15) is 28.8 Å². The highest BCUT2D eigenvalue weighted by Crippen LogP contribution is 2.08. The molecule has 1 saturated heterocycles. The number of ether oxygens (including phenoxy) is 1. The molecule has 1 N–H and O–H groups in total. The first-order valence-corrected chi connectivity index (χ1v) is 5.71. The van der Waals surface area contributed by atoms with Gasteiger partial charge >= 0.3 is 0 Å². The van der Waals surface area contributed by atoms with Gasteiger partial charge in [-0.1, -0.05) is 17.7 Å². The van der Waals surface area contributed by atoms with E-state index in [0.717, 1.165) is 31.6 Å². The molecule has 0 radical (unpaired) electrons. The molecule has 0 aromatic heterocycles. The standard InChI is InChI=1S/C13H17NO2/c1-10-2-4-11(5-3-10)13(15)14-12-6-8-16-9-7-12/h2-5,12H,6-9H2,1H3,(H,14,15). The summed E-state index contributed by atoms with van der Waals surface area (Å²) in [5.41, 5.74) is 1.90. The third-order valence-electron chi connectivity index (χ3n) is 2.87. The number of carbonyl (C=O) groups is 1. The minimum Gasteiger partial charge on any atom is -0.381 e. The normalized spacial score (nSPS) is 17.1. The smallest absolute Gasteiger partial charge is 0.251 e. The van der Waals surface area contributed by atoms with E-state index in [2.05, 4.69) is 5.32 Å². The summed E-state index contributed by atoms with van der Waals surface area (Å²) in [5, 5.41) is 3.04. The van der Waals surface area contributed by atoms with Gasteiger partial charge in [0.15, 0.2) is 0 Å². The van der Waals surface area contributed by atoms with Crippen LogP contribution in [-0.2, 0) is 4.74 Å². The van der Waals surface area contributed by atoms with Gasteiger partial charge < -0.3 is 10.1 Å². The Hall–Kier alpha value is -1.35. The van der Waals surface area contributed by atoms with Crippen molar-refractivity contribution in [1.82, 2.24) is 5.32 Å². The van der Waals surface area contributed by atoms with Crippen molar-refractivity contribution in [2.75, 3.05) is 13.2 Å². The maximum absolute atomic E-state index is 11.9. The summed E-state index contributed by atoms with van der Waals surface area (Å²) in [6.45, 7) is 3.51. The van der Waals surface area contributed by atoms with Gasteiger partial charge in [-0.2, -0.15) is 0 Å². The number of benzene rings is 1. The number of hydrogen-bond donors (Lipinski definition) is 1. The van der Waals surface area contributed by atoms with E-state index in [-0.39, 0.29) is 11.9 Å². The highest BCUT2D eigenvalue weighted by molar-refractivity contribution is 5.94. The summed E-state index contributed by atoms with van der Waals surface area (Å²) < 4.78 is 5.25. The van der Waals surface area contributed by atoms with E-state index >= 15 is 0 Å². The summed E-state index contributed by atoms with van der Waals surface area (Å²) in [4.78, 5) is 11.9. The van der Waals surface area contributed by atoms with Crippen molar-refractivity contribution < 1.29 is 9.53 Å². The number of aryl methyl sites for hydroxylation is 1. The molecule has 1 aliphatic heterocycles. The Bertz CT molecular complexity index is 353. The summed E-state index contributed by atoms with van der Waals surface area (Å²) in [6.07, 6.45) is 1.83. The molecule has 0 saturated carbocycles. The van der Waals surface area contributed by atoms with E-state index < -0.39 is 0 Å². The minimum atomic E-state index is 0.0203. The van der Waals surface area contributed by atoms with Crippen LogP contribution in [0.25, 0.3) is 0 Å². The summed E-state index contributed by atoms with van der Waals surface area (Å²) in [7, 11) is 0. The van der Waals surface area contributed by atoms with Gasteiger partial charge in [-0.15, -0.1) is 0 Å². The third kappa shape index (κ3) is 2.83. The zero-order valence-corrected chi connectivity index (χ0v) is 9.53. The molecule has 1 aliphatic rings. The molecule has 1 aromatic carbocycles. The van der Waals surface area contributed by atoms with Crippen LogP contribution in [0.5, 0.6) is 0 Å². The SMILES string of the molecule is Cc1ccc(C(=O)NC2CCOCC2)cc1. The van der Waals surface area contributed by atoms with Crippen LogP contribution in [0, 0.1) is 6.92 Å². The Morgan fingerprint density at radius 1 is 1.25 bits per heavy atom. The van der Waals surface area contributed by atoms with Crippen LogP contribution < -0.4 is 5.32 Å². The fraction of sp³-hybridized carbons (Fsp3) is 0.462. The second-order valence-electron chi connectivity index (χ2n) is 4.23. The van der Waals surface area contributed by atoms with E-state index in [1.54, 1.807) is 0 Å². The van der Waals surface area contributed by atoms with Crippen LogP contribution in [0.2, 0.25) is 0 Å². The molecule has 16 heavy (non-hydrogen) atoms. The molecule has 0 atom stereocenters. The first kappa shape index (κ1) is 11.1. The first-order valence-electron chi connectivity index (χ1n) is 5.71. The number of hydrogen-bond acceptors (Lipinski definition) is 2. The molecule has 1 heterocycles. The zero-order valence-electron chi connectivity index (χ0n) is 9.53. The van der Waals surface area contributed by atoms with E-state index in [1.165, 1.54) is 5.56 Å². The predicted octanol–water partition coefficient (Wildman–Crippen LogP) is 1.90. The van der Waals surface area contributed by atoms with Crippen molar-refractivity contribution in [1.29, 1.82) is 0 Å². The van der Waals surface area contributed by atoms with Crippen LogP contribution in [-0.4, -0.2) is 25.2 Å². The molecule has 1 fully saturated rings. The Morgan fingerprint density at radius 2 is 1.88 bits per heavy atom. The van der Waals surface area contributed by atoms with Crippen molar-refractivity contribution >= 4 is 5.91 Å². The molecule has 86 valence electrons. The monoisotopic (exact) mass is 219 g/mol. The van der Waals surface area contributed by atoms with Crippen molar-refractivity contribution in [3.05, 3.63) is 35.4 Å². The third-order valence-corrected chi connectivity index (χ3v) is 2.87. The Kier molecular flexibility index (Phi) is 3.57. The molecular weight excluding hydrogens is 202 g/mol. The van der Waals surface area contributed by atoms with Crippen LogP contribution >= 0.6 is 0 Å². The molecule has 2 rings (SSSR count). The topological polar surface area (TPSA) is 38.3 Å². The van der Waals surface area contributed by atoms with Gasteiger partial charge in [0.2, 0.25) is 0 Å². The minimum absolute atomic E-state index is 0.0203. The van der Waals surface area contributed by atoms with Gasteiger partial charge in [-0.3, -0.25) is 4.79 Å². The summed E-state index contributed by atoms with van der Waals surface area (Å²) >= 11 is 0. The van der Waals surface area contributed by atoms with Gasteiger partial charge in [0.05, 0.1) is 0 Å². The lowest BCUT2D eigenvalue weighted by atomic mass is 10.1. The number of nitrogens with one attached hydrogen (secondary N) is 1. The van der Waals surface area contributed by atoms with E-state index in [9.17, 15) is 4.79 Å². The summed E-state index contributed by atoms with van der Waals surface area (Å²) in [5.74, 6) is 0.0203. The maximum atomic E-state index is 11.9. The molecule has 3 nitrogen and oxygen atoms in total. The second kappa shape index (κ2) is 5.12. The molecular formula is C13H17NO2. The summed E-state index contributed by atoms with van der Waals surface area (Å²) in [6, 6.07) is 7.91. The van der Waals surface area contributed by atoms with Crippen molar-refractivity contribution in [3.8, 4) is 0 Å². The van der Waals surface area contributed by atoms with E-state index in [1.807, 2.05) is 31.2 Å². The van der Waals surface area contributed by atoms with Gasteiger partial charge in [0.25, 0.3) is 5.91 Å². The predicted molar refractivity (Wildman–Crippen MR) is 62.5 cm³/mol. The van der Waals surface area contributed by atoms with Crippen LogP contribution in [0.4, 0.5) is 0 Å². The highest BCUT2D eigenvalue weighted by Gasteiger charge is 2.16. The van der Waals surface area contributed by atoms with Gasteiger partial charge in [0.1, 0.15) is 0 Å². The fourth-order valence-electron chi connectivity index (χ4n) is 1.82. The number of amides is 1. The van der Waals surface area contributed by atoms with E-state index in [4.69, 9.17) is 4.74 Å². The average Bonchev–Trinajstić information content (AvgIpc) is 2.31. The molecule has 0 unspecified atom stereocenters. The van der Waals surface area contributed by atoms with Gasteiger partial charge in [0, 0.05) is 24.8 Å². The lowest BCUT2D eigenvalue weighted by Crippen LogP contribution is -2.38. The maximum Gasteiger partial charge on any atom is 0.251 e. The highest BCUT2D eigenvalue weighted by atomic mass is 16.5. The average molecular weight is 219 g/mol. The van der Waals surface area contributed by atoms with Gasteiger partial charge in [-0.25, -0.2) is 0 Å². The molecule has 3 heteroatoms. The Labute approximate surface area is 95.8 Å². The zero-order chi connectivity index (χ0) is 11.4. The fourth-order valence-corrected chi connectivity index (χ4v) is 1.82. The Balaban J connectivity index is 1.94. The van der Waals surface area contributed by atoms with Gasteiger partial charge in [-0.05, 0) is 31.9 Å². The second-order valence-corrected chi connectivity index (χ2v) is 4.23. The molecule has 1 aromatic rings. The lowest BCUT2D eigenvalue weighted by molar-refractivity contribution is 0.0696. The van der Waals surface area contributed by atoms with E-state index in [0.29, 0.717) is 0 Å². The lowest BCUT2D eigenvalue weighted by Gasteiger charge is -2.23. The van der Waals surface area contributed by atoms with Crippen molar-refractivity contribution in [2.45, 2.75) is 25.8 Å². The van der Waals surface area contributed by atoms with Crippen LogP contribution in [0.3, 0.4) is 0 Å². The molecule has 1 amide bonds. The molecule has 0 aliphatic carbocycles. The quantitative estimate of drug-likeness (QED) is 0.825. The molecule has 0 bridgehead atoms.